The summed E-state index contributed by atoms with van der Waals surface area (Å²) >= 11 is 0. The van der Waals surface area contributed by atoms with E-state index in [0.717, 1.165) is 0 Å². The Morgan fingerprint density at radius 1 is 1.47 bits per heavy atom. The fourth-order valence-corrected chi connectivity index (χ4v) is 1.82. The molecule has 0 radical (unpaired) electrons. The van der Waals surface area contributed by atoms with Gasteiger partial charge in [0.1, 0.15) is 0 Å². The van der Waals surface area contributed by atoms with Crippen LogP contribution in [0.4, 0.5) is 0 Å². The molecule has 1 amide bonds. The molecule has 0 saturated carbocycles. The maximum atomic E-state index is 11.8. The summed E-state index contributed by atoms with van der Waals surface area (Å²) in [5, 5.41) is 8.89. The second kappa shape index (κ2) is 6.56. The van der Waals surface area contributed by atoms with Gasteiger partial charge in [-0.3, -0.25) is 4.79 Å². The van der Waals surface area contributed by atoms with Crippen molar-refractivity contribution in [2.45, 2.75) is 32.0 Å². The highest BCUT2D eigenvalue weighted by Crippen LogP contribution is 2.13. The Bertz CT molecular complexity index is 281. The summed E-state index contributed by atoms with van der Waals surface area (Å²) < 4.78 is 10.1. The van der Waals surface area contributed by atoms with Gasteiger partial charge < -0.3 is 19.5 Å². The van der Waals surface area contributed by atoms with Gasteiger partial charge in [0.25, 0.3) is 0 Å². The van der Waals surface area contributed by atoms with Crippen LogP contribution in [0.2, 0.25) is 0 Å². The van der Waals surface area contributed by atoms with Crippen molar-refractivity contribution in [2.24, 2.45) is 0 Å². The molecule has 0 aromatic heterocycles. The van der Waals surface area contributed by atoms with Crippen molar-refractivity contribution in [1.82, 2.24) is 4.90 Å². The Balaban J connectivity index is 2.46. The Hall–Kier alpha value is -1.14. The SMILES string of the molecule is COCCCC(=O)N1CC(C(=O)O)O[C@H](C)C1. The molecule has 1 aliphatic rings. The molecule has 0 aromatic rings. The number of methoxy groups -OCH3 is 1. The molecule has 98 valence electrons. The van der Waals surface area contributed by atoms with Crippen molar-refractivity contribution < 1.29 is 24.2 Å². The van der Waals surface area contributed by atoms with Crippen molar-refractivity contribution in [2.75, 3.05) is 26.8 Å². The first kappa shape index (κ1) is 13.9. The van der Waals surface area contributed by atoms with Crippen LogP contribution in [0.15, 0.2) is 0 Å². The third-order valence-electron chi connectivity index (χ3n) is 2.63. The van der Waals surface area contributed by atoms with E-state index in [1.165, 1.54) is 0 Å². The second-order valence-corrected chi connectivity index (χ2v) is 4.17. The molecular formula is C11H19NO5. The highest BCUT2D eigenvalue weighted by Gasteiger charge is 2.32. The summed E-state index contributed by atoms with van der Waals surface area (Å²) in [6.45, 7) is 2.89. The molecule has 1 rings (SSSR count). The number of ether oxygens (including phenoxy) is 2. The number of morpholine rings is 1. The number of nitrogens with zero attached hydrogens (tertiary/aromatic N) is 1. The number of aliphatic carboxylic acids is 1. The minimum atomic E-state index is -1.02. The predicted octanol–water partition coefficient (Wildman–Crippen LogP) is 0.114. The summed E-state index contributed by atoms with van der Waals surface area (Å²) in [6, 6.07) is 0. The predicted molar refractivity (Wildman–Crippen MR) is 59.7 cm³/mol. The van der Waals surface area contributed by atoms with E-state index in [2.05, 4.69) is 0 Å². The second-order valence-electron chi connectivity index (χ2n) is 4.17. The smallest absolute Gasteiger partial charge is 0.334 e. The Morgan fingerprint density at radius 2 is 2.18 bits per heavy atom. The zero-order valence-electron chi connectivity index (χ0n) is 10.2. The van der Waals surface area contributed by atoms with Gasteiger partial charge in [-0.15, -0.1) is 0 Å². The van der Waals surface area contributed by atoms with Gasteiger partial charge in [-0.05, 0) is 13.3 Å². The molecule has 1 fully saturated rings. The van der Waals surface area contributed by atoms with E-state index in [1.54, 1.807) is 18.9 Å². The third kappa shape index (κ3) is 4.32. The van der Waals surface area contributed by atoms with Crippen molar-refractivity contribution in [3.63, 3.8) is 0 Å². The monoisotopic (exact) mass is 245 g/mol. The van der Waals surface area contributed by atoms with E-state index in [9.17, 15) is 9.59 Å². The number of carbonyl (C=O) groups excluding carboxylic acids is 1. The van der Waals surface area contributed by atoms with Crippen molar-refractivity contribution >= 4 is 11.9 Å². The maximum Gasteiger partial charge on any atom is 0.334 e. The fraction of sp³-hybridized carbons (Fsp3) is 0.818. The normalized spacial score (nSPS) is 24.7. The molecule has 17 heavy (non-hydrogen) atoms. The molecule has 0 spiro atoms. The number of hydrogen-bond donors (Lipinski definition) is 1. The van der Waals surface area contributed by atoms with Gasteiger partial charge in [0, 0.05) is 26.7 Å². The lowest BCUT2D eigenvalue weighted by Gasteiger charge is -2.35. The summed E-state index contributed by atoms with van der Waals surface area (Å²) in [4.78, 5) is 24.2. The Morgan fingerprint density at radius 3 is 2.76 bits per heavy atom. The lowest BCUT2D eigenvalue weighted by atomic mass is 10.2. The molecule has 0 bridgehead atoms. The van der Waals surface area contributed by atoms with E-state index in [1.807, 2.05) is 0 Å². The van der Waals surface area contributed by atoms with Gasteiger partial charge in [0.15, 0.2) is 6.10 Å². The summed E-state index contributed by atoms with van der Waals surface area (Å²) in [5.74, 6) is -1.06. The number of hydrogen-bond acceptors (Lipinski definition) is 4. The van der Waals surface area contributed by atoms with E-state index in [0.29, 0.717) is 26.0 Å². The number of carboxylic acid groups (broad SMARTS) is 1. The standard InChI is InChI=1S/C11H19NO5/c1-8-6-12(7-9(17-8)11(14)15)10(13)4-3-5-16-2/h8-9H,3-7H2,1-2H3,(H,14,15)/t8-,9?/m1/s1. The maximum absolute atomic E-state index is 11.8. The average molecular weight is 245 g/mol. The largest absolute Gasteiger partial charge is 0.479 e. The fourth-order valence-electron chi connectivity index (χ4n) is 1.82. The minimum absolute atomic E-state index is 0.0385. The van der Waals surface area contributed by atoms with Gasteiger partial charge in [0.2, 0.25) is 5.91 Å². The first-order valence-electron chi connectivity index (χ1n) is 5.69. The topological polar surface area (TPSA) is 76.1 Å². The van der Waals surface area contributed by atoms with Crippen molar-refractivity contribution in [3.8, 4) is 0 Å². The number of amides is 1. The summed E-state index contributed by atoms with van der Waals surface area (Å²) in [5.41, 5.74) is 0. The van der Waals surface area contributed by atoms with Crippen LogP contribution in [0, 0.1) is 0 Å². The molecule has 1 N–H and O–H groups in total. The quantitative estimate of drug-likeness (QED) is 0.696. The molecule has 6 nitrogen and oxygen atoms in total. The molecule has 2 atom stereocenters. The summed E-state index contributed by atoms with van der Waals surface area (Å²) in [6.07, 6.45) is -0.118. The van der Waals surface area contributed by atoms with Crippen LogP contribution >= 0.6 is 0 Å². The van der Waals surface area contributed by atoms with E-state index < -0.39 is 12.1 Å². The van der Waals surface area contributed by atoms with Gasteiger partial charge in [0.05, 0.1) is 12.6 Å². The van der Waals surface area contributed by atoms with Gasteiger partial charge in [-0.2, -0.15) is 0 Å². The van der Waals surface area contributed by atoms with E-state index >= 15 is 0 Å². The molecule has 0 aliphatic carbocycles. The molecule has 1 saturated heterocycles. The number of carboxylic acids is 1. The first-order chi connectivity index (χ1) is 8.04. The van der Waals surface area contributed by atoms with Crippen LogP contribution in [0.3, 0.4) is 0 Å². The van der Waals surface area contributed by atoms with Crippen molar-refractivity contribution in [3.05, 3.63) is 0 Å². The highest BCUT2D eigenvalue weighted by molar-refractivity contribution is 5.78. The minimum Gasteiger partial charge on any atom is -0.479 e. The van der Waals surface area contributed by atoms with Crippen LogP contribution in [0.25, 0.3) is 0 Å². The lowest BCUT2D eigenvalue weighted by Crippen LogP contribution is -2.51. The molecule has 1 unspecified atom stereocenters. The van der Waals surface area contributed by atoms with Gasteiger partial charge in [-0.1, -0.05) is 0 Å². The number of rotatable bonds is 5. The molecular weight excluding hydrogens is 226 g/mol. The first-order valence-corrected chi connectivity index (χ1v) is 5.69. The molecule has 0 aromatic carbocycles. The summed E-state index contributed by atoms with van der Waals surface area (Å²) in [7, 11) is 1.59. The zero-order chi connectivity index (χ0) is 12.8. The highest BCUT2D eigenvalue weighted by atomic mass is 16.5. The van der Waals surface area contributed by atoms with Crippen LogP contribution in [-0.4, -0.2) is 60.9 Å². The van der Waals surface area contributed by atoms with E-state index in [-0.39, 0.29) is 18.6 Å². The van der Waals surface area contributed by atoms with Crippen LogP contribution in [0.1, 0.15) is 19.8 Å². The Kier molecular flexibility index (Phi) is 5.37. The zero-order valence-corrected chi connectivity index (χ0v) is 10.2. The average Bonchev–Trinajstić information content (AvgIpc) is 2.28. The number of carbonyl (C=O) groups is 2. The van der Waals surface area contributed by atoms with Crippen molar-refractivity contribution in [1.29, 1.82) is 0 Å². The third-order valence-corrected chi connectivity index (χ3v) is 2.63. The van der Waals surface area contributed by atoms with Crippen LogP contribution in [-0.2, 0) is 19.1 Å². The lowest BCUT2D eigenvalue weighted by molar-refractivity contribution is -0.166. The van der Waals surface area contributed by atoms with Gasteiger partial charge >= 0.3 is 5.97 Å². The van der Waals surface area contributed by atoms with E-state index in [4.69, 9.17) is 14.6 Å². The van der Waals surface area contributed by atoms with Crippen LogP contribution in [0.5, 0.6) is 0 Å². The molecule has 1 heterocycles. The van der Waals surface area contributed by atoms with Crippen LogP contribution < -0.4 is 0 Å². The molecule has 1 aliphatic heterocycles. The Labute approximate surface area is 100 Å². The van der Waals surface area contributed by atoms with Gasteiger partial charge in [-0.25, -0.2) is 4.79 Å². The molecule has 6 heteroatoms.